The average Bonchev–Trinajstić information content (AvgIpc) is 2.72. The fourth-order valence-electron chi connectivity index (χ4n) is 3.69. The average molecular weight is 346 g/mol. The van der Waals surface area contributed by atoms with Gasteiger partial charge in [-0.05, 0) is 59.9 Å². The number of benzene rings is 3. The van der Waals surface area contributed by atoms with Gasteiger partial charge in [-0.1, -0.05) is 36.4 Å². The third-order valence-corrected chi connectivity index (χ3v) is 5.11. The largest absolute Gasteiger partial charge is 0.761 e. The highest BCUT2D eigenvalue weighted by molar-refractivity contribution is 5.85. The summed E-state index contributed by atoms with van der Waals surface area (Å²) in [6, 6.07) is 20.9. The number of hydrogen-bond donors (Lipinski definition) is 2. The van der Waals surface area contributed by atoms with Crippen molar-refractivity contribution in [2.24, 2.45) is 0 Å². The van der Waals surface area contributed by atoms with Crippen LogP contribution in [0.3, 0.4) is 0 Å². The van der Waals surface area contributed by atoms with E-state index < -0.39 is 0 Å². The molecule has 1 saturated heterocycles. The van der Waals surface area contributed by atoms with Crippen LogP contribution in [0.25, 0.3) is 10.8 Å². The number of rotatable bonds is 5. The standard InChI is InChI=1S/C22H24N3O/c26-24-21-14-17(8-11-22(21)25-12-4-1-5-13-25)16-23-20-10-9-18-6-2-3-7-19(18)15-20/h2-3,6-11,14-15,23-24H,1,4-5,12-13,16H2/q-1. The molecule has 0 radical (unpaired) electrons. The Morgan fingerprint density at radius 2 is 1.65 bits per heavy atom. The minimum absolute atomic E-state index is 0.671. The number of anilines is 3. The van der Waals surface area contributed by atoms with Crippen molar-refractivity contribution in [2.45, 2.75) is 25.8 Å². The van der Waals surface area contributed by atoms with Gasteiger partial charge in [-0.25, -0.2) is 0 Å². The van der Waals surface area contributed by atoms with E-state index in [0.717, 1.165) is 30.0 Å². The van der Waals surface area contributed by atoms with Gasteiger partial charge in [0.1, 0.15) is 0 Å². The maximum atomic E-state index is 11.5. The van der Waals surface area contributed by atoms with Crippen LogP contribution in [0.5, 0.6) is 0 Å². The molecule has 4 nitrogen and oxygen atoms in total. The van der Waals surface area contributed by atoms with Crippen LogP contribution >= 0.6 is 0 Å². The highest BCUT2D eigenvalue weighted by atomic mass is 16.5. The molecule has 0 bridgehead atoms. The van der Waals surface area contributed by atoms with Gasteiger partial charge in [0.05, 0.1) is 5.69 Å². The van der Waals surface area contributed by atoms with Gasteiger partial charge in [0.2, 0.25) is 0 Å². The van der Waals surface area contributed by atoms with Gasteiger partial charge in [-0.2, -0.15) is 0 Å². The van der Waals surface area contributed by atoms with E-state index in [2.05, 4.69) is 70.3 Å². The first-order valence-electron chi connectivity index (χ1n) is 9.32. The maximum Gasteiger partial charge on any atom is 0.0594 e. The van der Waals surface area contributed by atoms with Crippen molar-refractivity contribution in [1.29, 1.82) is 0 Å². The van der Waals surface area contributed by atoms with Crippen molar-refractivity contribution in [3.63, 3.8) is 0 Å². The summed E-state index contributed by atoms with van der Waals surface area (Å²) < 4.78 is 0. The van der Waals surface area contributed by atoms with Crippen molar-refractivity contribution in [3.8, 4) is 0 Å². The van der Waals surface area contributed by atoms with Crippen molar-refractivity contribution in [3.05, 3.63) is 71.4 Å². The van der Waals surface area contributed by atoms with Crippen LogP contribution in [0, 0.1) is 5.21 Å². The Balaban J connectivity index is 1.48. The molecule has 2 N–H and O–H groups in total. The van der Waals surface area contributed by atoms with Gasteiger partial charge in [0, 0.05) is 31.0 Å². The fourth-order valence-corrected chi connectivity index (χ4v) is 3.69. The Bertz CT molecular complexity index is 887. The van der Waals surface area contributed by atoms with Crippen LogP contribution in [0.1, 0.15) is 24.8 Å². The fraction of sp³-hybridized carbons (Fsp3) is 0.273. The summed E-state index contributed by atoms with van der Waals surface area (Å²) in [6.07, 6.45) is 3.68. The normalized spacial score (nSPS) is 14.4. The van der Waals surface area contributed by atoms with Crippen molar-refractivity contribution < 1.29 is 0 Å². The highest BCUT2D eigenvalue weighted by Crippen LogP contribution is 2.30. The molecule has 1 heterocycles. The number of nitrogens with one attached hydrogen (secondary N) is 2. The molecule has 134 valence electrons. The molecular formula is C22H24N3O-. The van der Waals surface area contributed by atoms with Crippen LogP contribution in [-0.2, 0) is 6.54 Å². The van der Waals surface area contributed by atoms with Gasteiger partial charge in [-0.3, -0.25) is 0 Å². The Morgan fingerprint density at radius 3 is 2.46 bits per heavy atom. The first kappa shape index (κ1) is 16.7. The van der Waals surface area contributed by atoms with Crippen LogP contribution in [0.15, 0.2) is 60.7 Å². The molecule has 0 amide bonds. The molecular weight excluding hydrogens is 322 g/mol. The van der Waals surface area contributed by atoms with E-state index in [1.54, 1.807) is 0 Å². The topological polar surface area (TPSA) is 50.4 Å². The molecule has 0 saturated carbocycles. The van der Waals surface area contributed by atoms with Crippen LogP contribution < -0.4 is 15.7 Å². The predicted molar refractivity (Wildman–Crippen MR) is 111 cm³/mol. The predicted octanol–water partition coefficient (Wildman–Crippen LogP) is 5.35. The molecule has 0 unspecified atom stereocenters. The second-order valence-corrected chi connectivity index (χ2v) is 6.92. The molecule has 0 spiro atoms. The first-order valence-corrected chi connectivity index (χ1v) is 9.32. The lowest BCUT2D eigenvalue weighted by Gasteiger charge is -2.32. The zero-order valence-corrected chi connectivity index (χ0v) is 14.9. The smallest absolute Gasteiger partial charge is 0.0594 e. The monoisotopic (exact) mass is 346 g/mol. The van der Waals surface area contributed by atoms with E-state index in [-0.39, 0.29) is 0 Å². The number of hydrogen-bond acceptors (Lipinski definition) is 4. The van der Waals surface area contributed by atoms with Gasteiger partial charge in [-0.15, -0.1) is 0 Å². The molecule has 3 aromatic rings. The van der Waals surface area contributed by atoms with E-state index in [0.29, 0.717) is 12.2 Å². The van der Waals surface area contributed by atoms with Gasteiger partial charge >= 0.3 is 0 Å². The molecule has 4 heteroatoms. The van der Waals surface area contributed by atoms with E-state index in [4.69, 9.17) is 0 Å². The van der Waals surface area contributed by atoms with E-state index >= 15 is 0 Å². The molecule has 1 aliphatic heterocycles. The van der Waals surface area contributed by atoms with Crippen molar-refractivity contribution in [2.75, 3.05) is 28.8 Å². The zero-order chi connectivity index (χ0) is 17.8. The lowest BCUT2D eigenvalue weighted by Crippen LogP contribution is -2.29. The third-order valence-electron chi connectivity index (χ3n) is 5.11. The molecule has 0 aliphatic carbocycles. The quantitative estimate of drug-likeness (QED) is 0.611. The molecule has 1 aliphatic rings. The SMILES string of the molecule is [O-]Nc1cc(CNc2ccc3ccccc3c2)ccc1N1CCCCC1. The Hall–Kier alpha value is -2.72. The summed E-state index contributed by atoms with van der Waals surface area (Å²) in [4.78, 5) is 2.31. The van der Waals surface area contributed by atoms with Gasteiger partial charge in [0.25, 0.3) is 0 Å². The van der Waals surface area contributed by atoms with E-state index in [1.165, 1.54) is 30.0 Å². The summed E-state index contributed by atoms with van der Waals surface area (Å²) >= 11 is 0. The van der Waals surface area contributed by atoms with E-state index in [9.17, 15) is 5.21 Å². The zero-order valence-electron chi connectivity index (χ0n) is 14.9. The summed E-state index contributed by atoms with van der Waals surface area (Å²) in [5.74, 6) is 0. The summed E-state index contributed by atoms with van der Waals surface area (Å²) in [7, 11) is 0. The molecule has 0 aromatic heterocycles. The van der Waals surface area contributed by atoms with Crippen molar-refractivity contribution in [1.82, 2.24) is 0 Å². The minimum Gasteiger partial charge on any atom is -0.761 e. The Kier molecular flexibility index (Phi) is 4.93. The van der Waals surface area contributed by atoms with Crippen LogP contribution in [0.4, 0.5) is 17.1 Å². The van der Waals surface area contributed by atoms with Crippen molar-refractivity contribution >= 4 is 27.8 Å². The molecule has 26 heavy (non-hydrogen) atoms. The molecule has 4 rings (SSSR count). The molecule has 3 aromatic carbocycles. The van der Waals surface area contributed by atoms with Crippen LogP contribution in [-0.4, -0.2) is 13.1 Å². The highest BCUT2D eigenvalue weighted by Gasteiger charge is 2.13. The lowest BCUT2D eigenvalue weighted by atomic mass is 10.1. The third kappa shape index (κ3) is 3.60. The first-order chi connectivity index (χ1) is 12.8. The lowest BCUT2D eigenvalue weighted by molar-refractivity contribution is 0.578. The number of fused-ring (bicyclic) bond motifs is 1. The maximum absolute atomic E-state index is 11.5. The second-order valence-electron chi connectivity index (χ2n) is 6.92. The minimum atomic E-state index is 0.671. The summed E-state index contributed by atoms with van der Waals surface area (Å²) in [5, 5.41) is 17.4. The summed E-state index contributed by atoms with van der Waals surface area (Å²) in [6.45, 7) is 2.75. The second kappa shape index (κ2) is 7.67. The number of nitrogens with zero attached hydrogens (tertiary/aromatic N) is 1. The van der Waals surface area contributed by atoms with E-state index in [1.807, 2.05) is 6.07 Å². The Morgan fingerprint density at radius 1 is 0.846 bits per heavy atom. The summed E-state index contributed by atoms with van der Waals surface area (Å²) in [5.41, 5.74) is 6.01. The Labute approximate surface area is 154 Å². The molecule has 0 atom stereocenters. The van der Waals surface area contributed by atoms with Gasteiger partial charge < -0.3 is 20.9 Å². The molecule has 1 fully saturated rings. The number of piperidine rings is 1. The van der Waals surface area contributed by atoms with Crippen LogP contribution in [0.2, 0.25) is 0 Å². The van der Waals surface area contributed by atoms with Gasteiger partial charge in [0.15, 0.2) is 0 Å².